The Morgan fingerprint density at radius 1 is 1.50 bits per heavy atom. The first-order chi connectivity index (χ1) is 8.56. The fourth-order valence-electron chi connectivity index (χ4n) is 2.84. The van der Waals surface area contributed by atoms with E-state index in [0.29, 0.717) is 23.7 Å². The molecule has 3 unspecified atom stereocenters. The van der Waals surface area contributed by atoms with Crippen LogP contribution in [0.15, 0.2) is 6.33 Å². The number of carbonyl (C=O) groups excluding carboxylic acids is 1. The van der Waals surface area contributed by atoms with Gasteiger partial charge in [0.1, 0.15) is 5.82 Å². The fourth-order valence-corrected chi connectivity index (χ4v) is 2.84. The summed E-state index contributed by atoms with van der Waals surface area (Å²) in [5.41, 5.74) is 6.24. The summed E-state index contributed by atoms with van der Waals surface area (Å²) < 4.78 is 6.61. The first kappa shape index (κ1) is 12.9. The number of nitrogens with zero attached hydrogens (tertiary/aromatic N) is 2. The van der Waals surface area contributed by atoms with Crippen LogP contribution in [0.25, 0.3) is 0 Å². The van der Waals surface area contributed by atoms with Crippen LogP contribution < -0.4 is 5.73 Å². The quantitative estimate of drug-likeness (QED) is 0.818. The third kappa shape index (κ3) is 2.09. The molecular weight excluding hydrogens is 230 g/mol. The maximum atomic E-state index is 11.5. The normalized spacial score (nSPS) is 28.1. The molecule has 1 aromatic rings. The first-order valence-electron chi connectivity index (χ1n) is 6.46. The van der Waals surface area contributed by atoms with Crippen LogP contribution in [-0.4, -0.2) is 22.6 Å². The molecule has 1 fully saturated rings. The minimum absolute atomic E-state index is 0.225. The highest BCUT2D eigenvalue weighted by Gasteiger charge is 2.30. The second-order valence-corrected chi connectivity index (χ2v) is 5.21. The molecule has 5 heteroatoms. The Kier molecular flexibility index (Phi) is 3.59. The van der Waals surface area contributed by atoms with E-state index >= 15 is 0 Å². The molecule has 0 saturated heterocycles. The molecule has 0 spiro atoms. The van der Waals surface area contributed by atoms with Crippen LogP contribution in [0.4, 0.5) is 5.82 Å². The summed E-state index contributed by atoms with van der Waals surface area (Å²) in [5.74, 6) is 1.17. The summed E-state index contributed by atoms with van der Waals surface area (Å²) in [7, 11) is 1.34. The van der Waals surface area contributed by atoms with Crippen LogP contribution >= 0.6 is 0 Å². The van der Waals surface area contributed by atoms with Crippen molar-refractivity contribution < 1.29 is 9.53 Å². The van der Waals surface area contributed by atoms with Gasteiger partial charge in [0, 0.05) is 6.04 Å². The minimum atomic E-state index is -0.470. The van der Waals surface area contributed by atoms with E-state index < -0.39 is 5.97 Å². The molecule has 100 valence electrons. The molecule has 1 heterocycles. The average molecular weight is 251 g/mol. The predicted molar refractivity (Wildman–Crippen MR) is 69.2 cm³/mol. The molecule has 1 aliphatic carbocycles. The Morgan fingerprint density at radius 3 is 2.89 bits per heavy atom. The number of hydrogen-bond acceptors (Lipinski definition) is 4. The summed E-state index contributed by atoms with van der Waals surface area (Å²) in [6.07, 6.45) is 5.21. The van der Waals surface area contributed by atoms with Gasteiger partial charge in [0.25, 0.3) is 0 Å². The highest BCUT2D eigenvalue weighted by Crippen LogP contribution is 2.39. The van der Waals surface area contributed by atoms with E-state index in [9.17, 15) is 4.79 Å². The lowest BCUT2D eigenvalue weighted by atomic mass is 9.78. The van der Waals surface area contributed by atoms with Crippen molar-refractivity contribution in [2.24, 2.45) is 11.8 Å². The van der Waals surface area contributed by atoms with E-state index in [4.69, 9.17) is 5.73 Å². The number of anilines is 1. The Bertz CT molecular complexity index is 441. The predicted octanol–water partition coefficient (Wildman–Crippen LogP) is 2.25. The third-order valence-electron chi connectivity index (χ3n) is 4.23. The molecule has 0 bridgehead atoms. The van der Waals surface area contributed by atoms with Crippen molar-refractivity contribution in [3.63, 3.8) is 0 Å². The third-order valence-corrected chi connectivity index (χ3v) is 4.23. The summed E-state index contributed by atoms with van der Waals surface area (Å²) in [5, 5.41) is 0. The number of carbonyl (C=O) groups is 1. The van der Waals surface area contributed by atoms with Crippen LogP contribution in [0.5, 0.6) is 0 Å². The summed E-state index contributed by atoms with van der Waals surface area (Å²) in [6.45, 7) is 4.51. The molecule has 1 aromatic heterocycles. The monoisotopic (exact) mass is 251 g/mol. The van der Waals surface area contributed by atoms with Gasteiger partial charge in [-0.3, -0.25) is 0 Å². The van der Waals surface area contributed by atoms with Crippen molar-refractivity contribution in [2.75, 3.05) is 12.8 Å². The molecule has 2 rings (SSSR count). The number of methoxy groups -OCH3 is 1. The van der Waals surface area contributed by atoms with Crippen molar-refractivity contribution in [1.29, 1.82) is 0 Å². The summed E-state index contributed by atoms with van der Waals surface area (Å²) >= 11 is 0. The molecule has 0 aliphatic heterocycles. The van der Waals surface area contributed by atoms with Crippen molar-refractivity contribution in [3.05, 3.63) is 12.0 Å². The number of nitrogen functional groups attached to an aromatic ring is 1. The van der Waals surface area contributed by atoms with Gasteiger partial charge in [0.2, 0.25) is 0 Å². The van der Waals surface area contributed by atoms with Crippen LogP contribution in [0, 0.1) is 11.8 Å². The van der Waals surface area contributed by atoms with Gasteiger partial charge in [-0.15, -0.1) is 0 Å². The van der Waals surface area contributed by atoms with Crippen molar-refractivity contribution in [2.45, 2.75) is 39.2 Å². The van der Waals surface area contributed by atoms with Gasteiger partial charge in [-0.25, -0.2) is 9.78 Å². The van der Waals surface area contributed by atoms with E-state index in [1.54, 1.807) is 6.33 Å². The van der Waals surface area contributed by atoms with Gasteiger partial charge in [-0.05, 0) is 18.3 Å². The number of aromatic nitrogens is 2. The molecule has 18 heavy (non-hydrogen) atoms. The highest BCUT2D eigenvalue weighted by molar-refractivity contribution is 5.92. The Labute approximate surface area is 107 Å². The first-order valence-corrected chi connectivity index (χ1v) is 6.46. The van der Waals surface area contributed by atoms with E-state index in [0.717, 1.165) is 6.42 Å². The molecule has 1 aliphatic rings. The number of hydrogen-bond donors (Lipinski definition) is 1. The second kappa shape index (κ2) is 5.00. The number of imidazole rings is 1. The fraction of sp³-hybridized carbons (Fsp3) is 0.692. The molecule has 2 N–H and O–H groups in total. The highest BCUT2D eigenvalue weighted by atomic mass is 16.5. The van der Waals surface area contributed by atoms with Crippen LogP contribution in [0.3, 0.4) is 0 Å². The zero-order valence-electron chi connectivity index (χ0n) is 11.2. The molecule has 0 amide bonds. The molecule has 0 radical (unpaired) electrons. The van der Waals surface area contributed by atoms with Gasteiger partial charge in [0.15, 0.2) is 5.69 Å². The summed E-state index contributed by atoms with van der Waals surface area (Å²) in [6, 6.07) is 0.333. The average Bonchev–Trinajstić information content (AvgIpc) is 2.74. The maximum Gasteiger partial charge on any atom is 0.360 e. The standard InChI is InChI=1S/C13H21N3O2/c1-8-5-4-6-10(9(8)2)16-7-15-11(12(16)14)13(17)18-3/h7-10H,4-6,14H2,1-3H3. The number of ether oxygens (including phenoxy) is 1. The van der Waals surface area contributed by atoms with Crippen LogP contribution in [-0.2, 0) is 4.74 Å². The van der Waals surface area contributed by atoms with E-state index in [1.807, 2.05) is 4.57 Å². The maximum absolute atomic E-state index is 11.5. The lowest BCUT2D eigenvalue weighted by Crippen LogP contribution is -2.27. The van der Waals surface area contributed by atoms with Gasteiger partial charge >= 0.3 is 5.97 Å². The lowest BCUT2D eigenvalue weighted by Gasteiger charge is -2.35. The molecule has 1 saturated carbocycles. The van der Waals surface area contributed by atoms with Gasteiger partial charge in [0.05, 0.1) is 13.4 Å². The zero-order valence-corrected chi connectivity index (χ0v) is 11.2. The molecule has 5 nitrogen and oxygen atoms in total. The van der Waals surface area contributed by atoms with E-state index in [2.05, 4.69) is 23.6 Å². The van der Waals surface area contributed by atoms with Gasteiger partial charge < -0.3 is 15.0 Å². The topological polar surface area (TPSA) is 70.1 Å². The van der Waals surface area contributed by atoms with Gasteiger partial charge in [-0.2, -0.15) is 0 Å². The summed E-state index contributed by atoms with van der Waals surface area (Å²) in [4.78, 5) is 15.6. The van der Waals surface area contributed by atoms with Gasteiger partial charge in [-0.1, -0.05) is 26.7 Å². The smallest absolute Gasteiger partial charge is 0.360 e. The number of nitrogens with two attached hydrogens (primary N) is 1. The number of esters is 1. The SMILES string of the molecule is COC(=O)c1ncn(C2CCCC(C)C2C)c1N. The van der Waals surface area contributed by atoms with Crippen molar-refractivity contribution in [3.8, 4) is 0 Å². The molecule has 0 aromatic carbocycles. The minimum Gasteiger partial charge on any atom is -0.464 e. The van der Waals surface area contributed by atoms with E-state index in [1.165, 1.54) is 20.0 Å². The zero-order chi connectivity index (χ0) is 13.3. The van der Waals surface area contributed by atoms with Crippen LogP contribution in [0.2, 0.25) is 0 Å². The molecule has 3 atom stereocenters. The van der Waals surface area contributed by atoms with Crippen molar-refractivity contribution >= 4 is 11.8 Å². The Hall–Kier alpha value is -1.52. The van der Waals surface area contributed by atoms with Crippen molar-refractivity contribution in [1.82, 2.24) is 9.55 Å². The Balaban J connectivity index is 2.28. The van der Waals surface area contributed by atoms with Crippen LogP contribution in [0.1, 0.15) is 49.6 Å². The number of rotatable bonds is 2. The second-order valence-electron chi connectivity index (χ2n) is 5.21. The van der Waals surface area contributed by atoms with E-state index in [-0.39, 0.29) is 5.69 Å². The Morgan fingerprint density at radius 2 is 2.22 bits per heavy atom. The lowest BCUT2D eigenvalue weighted by molar-refractivity contribution is 0.0595. The molecular formula is C13H21N3O2. The largest absolute Gasteiger partial charge is 0.464 e.